The van der Waals surface area contributed by atoms with Gasteiger partial charge in [-0.05, 0) is 31.5 Å². The van der Waals surface area contributed by atoms with Crippen molar-refractivity contribution in [3.63, 3.8) is 0 Å². The first-order valence-electron chi connectivity index (χ1n) is 5.95. The lowest BCUT2D eigenvalue weighted by Gasteiger charge is -2.10. The lowest BCUT2D eigenvalue weighted by molar-refractivity contribution is 0.0698. The molecule has 2 aromatic heterocycles. The number of aryl methyl sites for hydroxylation is 2. The number of nitrogens with one attached hydrogen (secondary N) is 1. The molecule has 2 heterocycles. The Morgan fingerprint density at radius 2 is 2.05 bits per heavy atom. The molecule has 0 fully saturated rings. The Bertz CT molecular complexity index is 713. The summed E-state index contributed by atoms with van der Waals surface area (Å²) < 4.78 is 0. The van der Waals surface area contributed by atoms with E-state index in [-0.39, 0.29) is 5.56 Å². The summed E-state index contributed by atoms with van der Waals surface area (Å²) in [4.78, 5) is 31.9. The third-order valence-electron chi connectivity index (χ3n) is 2.71. The quantitative estimate of drug-likeness (QED) is 0.664. The van der Waals surface area contributed by atoms with Gasteiger partial charge in [-0.15, -0.1) is 23.1 Å². The van der Waals surface area contributed by atoms with Crippen LogP contribution in [-0.2, 0) is 0 Å². The van der Waals surface area contributed by atoms with Crippen molar-refractivity contribution in [2.45, 2.75) is 18.9 Å². The van der Waals surface area contributed by atoms with Gasteiger partial charge in [-0.2, -0.15) is 0 Å². The highest BCUT2D eigenvalue weighted by Crippen LogP contribution is 2.26. The molecule has 2 N–H and O–H groups in total. The fourth-order valence-corrected chi connectivity index (χ4v) is 3.27. The maximum atomic E-state index is 12.4. The number of aromatic nitrogens is 2. The van der Waals surface area contributed by atoms with Gasteiger partial charge in [0.15, 0.2) is 0 Å². The summed E-state index contributed by atoms with van der Waals surface area (Å²) in [6, 6.07) is 1.45. The van der Waals surface area contributed by atoms with Gasteiger partial charge in [-0.1, -0.05) is 0 Å². The first kappa shape index (κ1) is 15.5. The second kappa shape index (κ2) is 6.23. The van der Waals surface area contributed by atoms with Crippen LogP contribution in [0.4, 0.5) is 5.00 Å². The number of thiophene rings is 1. The van der Waals surface area contributed by atoms with Crippen LogP contribution >= 0.6 is 23.1 Å². The number of nitrogens with zero attached hydrogens (tertiary/aromatic N) is 2. The minimum absolute atomic E-state index is 0.0738. The summed E-state index contributed by atoms with van der Waals surface area (Å²) in [5.41, 5.74) is 1.01. The molecule has 0 aliphatic carbocycles. The first-order chi connectivity index (χ1) is 9.93. The van der Waals surface area contributed by atoms with E-state index in [1.54, 1.807) is 19.2 Å². The van der Waals surface area contributed by atoms with Crippen LogP contribution < -0.4 is 5.32 Å². The molecule has 0 aliphatic heterocycles. The molecule has 6 nitrogen and oxygen atoms in total. The molecule has 0 aromatic carbocycles. The van der Waals surface area contributed by atoms with Crippen LogP contribution in [0.2, 0.25) is 0 Å². The van der Waals surface area contributed by atoms with Gasteiger partial charge in [0.05, 0.1) is 16.8 Å². The molecular formula is C13H13N3O3S2. The summed E-state index contributed by atoms with van der Waals surface area (Å²) in [7, 11) is 0. The summed E-state index contributed by atoms with van der Waals surface area (Å²) >= 11 is 2.51. The number of thioether (sulfide) groups is 1. The van der Waals surface area contributed by atoms with Crippen molar-refractivity contribution < 1.29 is 14.7 Å². The lowest BCUT2D eigenvalue weighted by atomic mass is 10.2. The van der Waals surface area contributed by atoms with E-state index in [9.17, 15) is 9.59 Å². The highest BCUT2D eigenvalue weighted by atomic mass is 32.2. The molecule has 2 rings (SSSR count). The average Bonchev–Trinajstić information content (AvgIpc) is 2.85. The summed E-state index contributed by atoms with van der Waals surface area (Å²) in [5, 5.41) is 14.2. The fraction of sp³-hybridized carbons (Fsp3) is 0.231. The second-order valence-corrected chi connectivity index (χ2v) is 5.87. The van der Waals surface area contributed by atoms with Crippen LogP contribution in [0.15, 0.2) is 16.5 Å². The number of carboxylic acid groups (broad SMARTS) is 1. The van der Waals surface area contributed by atoms with Crippen molar-refractivity contribution in [1.82, 2.24) is 9.97 Å². The van der Waals surface area contributed by atoms with Crippen LogP contribution in [0.1, 0.15) is 32.2 Å². The minimum atomic E-state index is -1.08. The Morgan fingerprint density at radius 1 is 1.33 bits per heavy atom. The Labute approximate surface area is 129 Å². The molecule has 110 valence electrons. The number of aromatic carboxylic acids is 1. The van der Waals surface area contributed by atoms with Crippen LogP contribution in [0, 0.1) is 13.8 Å². The molecular weight excluding hydrogens is 310 g/mol. The predicted octanol–water partition coefficient (Wildman–Crippen LogP) is 2.83. The Kier molecular flexibility index (Phi) is 4.59. The molecule has 0 aliphatic rings. The number of hydrogen-bond donors (Lipinski definition) is 2. The van der Waals surface area contributed by atoms with Gasteiger partial charge in [-0.3, -0.25) is 4.79 Å². The maximum Gasteiger partial charge on any atom is 0.338 e. The second-order valence-electron chi connectivity index (χ2n) is 4.16. The Morgan fingerprint density at radius 3 is 2.67 bits per heavy atom. The van der Waals surface area contributed by atoms with E-state index in [2.05, 4.69) is 15.3 Å². The molecule has 0 radical (unpaired) electrons. The monoisotopic (exact) mass is 323 g/mol. The van der Waals surface area contributed by atoms with Crippen LogP contribution in [0.3, 0.4) is 0 Å². The molecule has 0 bridgehead atoms. The van der Waals surface area contributed by atoms with E-state index in [0.717, 1.165) is 11.3 Å². The van der Waals surface area contributed by atoms with Gasteiger partial charge < -0.3 is 10.4 Å². The maximum absolute atomic E-state index is 12.4. The zero-order chi connectivity index (χ0) is 15.6. The number of carboxylic acids is 1. The number of anilines is 1. The van der Waals surface area contributed by atoms with E-state index >= 15 is 0 Å². The van der Waals surface area contributed by atoms with Gasteiger partial charge in [0.2, 0.25) is 0 Å². The van der Waals surface area contributed by atoms with Gasteiger partial charge >= 0.3 is 5.97 Å². The lowest BCUT2D eigenvalue weighted by Crippen LogP contribution is -2.17. The van der Waals surface area contributed by atoms with E-state index in [4.69, 9.17) is 5.11 Å². The van der Waals surface area contributed by atoms with E-state index in [0.29, 0.717) is 27.1 Å². The summed E-state index contributed by atoms with van der Waals surface area (Å²) in [5.74, 6) is -0.883. The molecule has 8 heteroatoms. The number of amides is 1. The molecule has 0 unspecified atom stereocenters. The molecule has 0 saturated carbocycles. The number of hydrogen-bond acceptors (Lipinski definition) is 6. The van der Waals surface area contributed by atoms with E-state index in [1.165, 1.54) is 17.8 Å². The zero-order valence-corrected chi connectivity index (χ0v) is 13.3. The highest BCUT2D eigenvalue weighted by molar-refractivity contribution is 7.98. The molecule has 1 amide bonds. The topological polar surface area (TPSA) is 92.2 Å². The summed E-state index contributed by atoms with van der Waals surface area (Å²) in [6.07, 6.45) is 1.83. The molecule has 0 atom stereocenters. The van der Waals surface area contributed by atoms with Crippen molar-refractivity contribution in [2.75, 3.05) is 11.6 Å². The van der Waals surface area contributed by atoms with Gasteiger partial charge in [0.25, 0.3) is 5.91 Å². The smallest absolute Gasteiger partial charge is 0.338 e. The van der Waals surface area contributed by atoms with Crippen molar-refractivity contribution in [1.29, 1.82) is 0 Å². The van der Waals surface area contributed by atoms with Crippen molar-refractivity contribution in [2.24, 2.45) is 0 Å². The van der Waals surface area contributed by atoms with Crippen LogP contribution in [-0.4, -0.2) is 33.2 Å². The SMILES string of the molecule is CSc1nc(C)nc(C)c1C(=O)Nc1sccc1C(=O)O. The number of rotatable bonds is 4. The van der Waals surface area contributed by atoms with E-state index in [1.807, 2.05) is 6.26 Å². The molecule has 2 aromatic rings. The third kappa shape index (κ3) is 3.22. The molecule has 21 heavy (non-hydrogen) atoms. The molecule has 0 saturated heterocycles. The fourth-order valence-electron chi connectivity index (χ4n) is 1.83. The van der Waals surface area contributed by atoms with Gasteiger partial charge in [-0.25, -0.2) is 14.8 Å². The number of carbonyl (C=O) groups excluding carboxylic acids is 1. The molecule has 0 spiro atoms. The first-order valence-corrected chi connectivity index (χ1v) is 8.05. The standard InChI is InChI=1S/C13H13N3O3S2/c1-6-9(12(20-3)15-7(2)14-6)10(17)16-11-8(13(18)19)4-5-21-11/h4-5H,1-3H3,(H,16,17)(H,18,19). The summed E-state index contributed by atoms with van der Waals surface area (Å²) in [6.45, 7) is 3.49. The van der Waals surface area contributed by atoms with Crippen LogP contribution in [0.25, 0.3) is 0 Å². The van der Waals surface area contributed by atoms with Gasteiger partial charge in [0, 0.05) is 0 Å². The average molecular weight is 323 g/mol. The normalized spacial score (nSPS) is 10.4. The van der Waals surface area contributed by atoms with E-state index < -0.39 is 11.9 Å². The predicted molar refractivity (Wildman–Crippen MR) is 82.5 cm³/mol. The number of carbonyl (C=O) groups is 2. The van der Waals surface area contributed by atoms with Gasteiger partial charge in [0.1, 0.15) is 15.9 Å². The van der Waals surface area contributed by atoms with Crippen molar-refractivity contribution in [3.05, 3.63) is 34.1 Å². The highest BCUT2D eigenvalue weighted by Gasteiger charge is 2.20. The van der Waals surface area contributed by atoms with Crippen molar-refractivity contribution in [3.8, 4) is 0 Å². The third-order valence-corrected chi connectivity index (χ3v) is 4.22. The largest absolute Gasteiger partial charge is 0.478 e. The Balaban J connectivity index is 2.37. The Hall–Kier alpha value is -1.93. The van der Waals surface area contributed by atoms with Crippen molar-refractivity contribution >= 4 is 40.0 Å². The zero-order valence-electron chi connectivity index (χ0n) is 11.6. The van der Waals surface area contributed by atoms with Crippen LogP contribution in [0.5, 0.6) is 0 Å². The minimum Gasteiger partial charge on any atom is -0.478 e.